The molecule has 6 heteroatoms. The molecular weight excluding hydrogens is 300 g/mol. The van der Waals surface area contributed by atoms with Crippen LogP contribution in [0.2, 0.25) is 5.02 Å². The van der Waals surface area contributed by atoms with E-state index in [4.69, 9.17) is 11.6 Å². The summed E-state index contributed by atoms with van der Waals surface area (Å²) < 4.78 is 0. The van der Waals surface area contributed by atoms with Crippen molar-refractivity contribution in [2.45, 2.75) is 20.8 Å². The molecule has 2 rings (SSSR count). The molecule has 0 aliphatic carbocycles. The molecule has 0 atom stereocenters. The van der Waals surface area contributed by atoms with Crippen molar-refractivity contribution in [3.8, 4) is 0 Å². The fourth-order valence-electron chi connectivity index (χ4n) is 1.71. The molecule has 5 nitrogen and oxygen atoms in total. The zero-order valence-electron chi connectivity index (χ0n) is 12.9. The van der Waals surface area contributed by atoms with Gasteiger partial charge in [0.2, 0.25) is 5.95 Å². The fraction of sp³-hybridized carbons (Fsp3) is 0.312. The number of benzene rings is 1. The lowest BCUT2D eigenvalue weighted by molar-refractivity contribution is 0.0948. The number of nitrogens with zero attached hydrogens (tertiary/aromatic N) is 2. The molecule has 1 aromatic carbocycles. The maximum atomic E-state index is 11.9. The van der Waals surface area contributed by atoms with E-state index < -0.39 is 0 Å². The van der Waals surface area contributed by atoms with E-state index in [0.29, 0.717) is 29.0 Å². The van der Waals surface area contributed by atoms with Crippen molar-refractivity contribution in [3.63, 3.8) is 0 Å². The molecule has 0 unspecified atom stereocenters. The summed E-state index contributed by atoms with van der Waals surface area (Å²) >= 11 is 6.07. The lowest BCUT2D eigenvalue weighted by Crippen LogP contribution is -2.27. The number of carbonyl (C=O) groups excluding carboxylic acids is 1. The summed E-state index contributed by atoms with van der Waals surface area (Å²) in [6.45, 7) is 6.64. The Morgan fingerprint density at radius 1 is 1.27 bits per heavy atom. The van der Waals surface area contributed by atoms with Crippen LogP contribution in [0.25, 0.3) is 0 Å². The molecule has 0 saturated heterocycles. The van der Waals surface area contributed by atoms with Crippen molar-refractivity contribution in [1.29, 1.82) is 0 Å². The Labute approximate surface area is 135 Å². The van der Waals surface area contributed by atoms with Crippen molar-refractivity contribution in [2.24, 2.45) is 5.92 Å². The molecule has 1 heterocycles. The van der Waals surface area contributed by atoms with E-state index in [9.17, 15) is 4.79 Å². The summed E-state index contributed by atoms with van der Waals surface area (Å²) in [5.74, 6) is 0.649. The number of hydrogen-bond acceptors (Lipinski definition) is 4. The minimum atomic E-state index is -0.168. The van der Waals surface area contributed by atoms with E-state index in [-0.39, 0.29) is 5.91 Å². The van der Waals surface area contributed by atoms with Crippen LogP contribution in [-0.2, 0) is 0 Å². The number of halogens is 1. The largest absolute Gasteiger partial charge is 0.352 e. The van der Waals surface area contributed by atoms with Crippen molar-refractivity contribution >= 4 is 29.1 Å². The second-order valence-electron chi connectivity index (χ2n) is 5.49. The van der Waals surface area contributed by atoms with Crippen LogP contribution in [0, 0.1) is 12.8 Å². The van der Waals surface area contributed by atoms with Gasteiger partial charge in [-0.1, -0.05) is 31.5 Å². The molecule has 22 heavy (non-hydrogen) atoms. The summed E-state index contributed by atoms with van der Waals surface area (Å²) in [7, 11) is 0. The first-order chi connectivity index (χ1) is 10.5. The highest BCUT2D eigenvalue weighted by Crippen LogP contribution is 2.21. The van der Waals surface area contributed by atoms with Crippen LogP contribution in [0.4, 0.5) is 11.6 Å². The van der Waals surface area contributed by atoms with Crippen LogP contribution in [0.15, 0.2) is 30.6 Å². The van der Waals surface area contributed by atoms with E-state index >= 15 is 0 Å². The average molecular weight is 319 g/mol. The van der Waals surface area contributed by atoms with Crippen molar-refractivity contribution in [2.75, 3.05) is 11.9 Å². The van der Waals surface area contributed by atoms with Gasteiger partial charge in [-0.15, -0.1) is 0 Å². The lowest BCUT2D eigenvalue weighted by atomic mass is 10.2. The first kappa shape index (κ1) is 16.2. The summed E-state index contributed by atoms with van der Waals surface area (Å²) in [4.78, 5) is 20.2. The standard InChI is InChI=1S/C16H19ClN4O/c1-10(2)7-18-15(22)12-8-19-16(20-9-12)21-13-5-4-11(3)14(17)6-13/h4-6,8-10H,7H2,1-3H3,(H,18,22)(H,19,20,21). The van der Waals surface area contributed by atoms with Gasteiger partial charge in [-0.2, -0.15) is 0 Å². The van der Waals surface area contributed by atoms with Gasteiger partial charge in [0.05, 0.1) is 5.56 Å². The van der Waals surface area contributed by atoms with E-state index in [0.717, 1.165) is 11.3 Å². The summed E-state index contributed by atoms with van der Waals surface area (Å²) in [5.41, 5.74) is 2.24. The molecule has 0 fully saturated rings. The number of nitrogens with one attached hydrogen (secondary N) is 2. The number of amides is 1. The Hall–Kier alpha value is -2.14. The molecule has 0 saturated carbocycles. The van der Waals surface area contributed by atoms with Gasteiger partial charge in [-0.3, -0.25) is 4.79 Å². The van der Waals surface area contributed by atoms with Crippen molar-refractivity contribution in [3.05, 3.63) is 46.7 Å². The first-order valence-electron chi connectivity index (χ1n) is 7.09. The Bertz CT molecular complexity index is 656. The number of carbonyl (C=O) groups is 1. The highest BCUT2D eigenvalue weighted by Gasteiger charge is 2.08. The van der Waals surface area contributed by atoms with Gasteiger partial charge < -0.3 is 10.6 Å². The molecule has 0 aliphatic heterocycles. The van der Waals surface area contributed by atoms with E-state index in [1.807, 2.05) is 39.0 Å². The number of rotatable bonds is 5. The zero-order valence-corrected chi connectivity index (χ0v) is 13.6. The van der Waals surface area contributed by atoms with Gasteiger partial charge in [-0.05, 0) is 30.5 Å². The highest BCUT2D eigenvalue weighted by molar-refractivity contribution is 6.31. The molecule has 1 amide bonds. The number of hydrogen-bond donors (Lipinski definition) is 2. The van der Waals surface area contributed by atoms with E-state index in [1.165, 1.54) is 12.4 Å². The minimum Gasteiger partial charge on any atom is -0.352 e. The highest BCUT2D eigenvalue weighted by atomic mass is 35.5. The molecule has 0 spiro atoms. The van der Waals surface area contributed by atoms with Crippen LogP contribution < -0.4 is 10.6 Å². The van der Waals surface area contributed by atoms with Gasteiger partial charge in [0, 0.05) is 29.6 Å². The molecular formula is C16H19ClN4O. The van der Waals surface area contributed by atoms with E-state index in [2.05, 4.69) is 20.6 Å². The average Bonchev–Trinajstić information content (AvgIpc) is 2.49. The zero-order chi connectivity index (χ0) is 16.1. The Morgan fingerprint density at radius 2 is 1.95 bits per heavy atom. The third kappa shape index (κ3) is 4.43. The molecule has 116 valence electrons. The second kappa shape index (κ2) is 7.22. The molecule has 1 aromatic heterocycles. The Kier molecular flexibility index (Phi) is 5.33. The third-order valence-corrected chi connectivity index (χ3v) is 3.42. The predicted molar refractivity (Wildman–Crippen MR) is 88.7 cm³/mol. The monoisotopic (exact) mass is 318 g/mol. The fourth-order valence-corrected chi connectivity index (χ4v) is 1.89. The number of anilines is 2. The molecule has 0 bridgehead atoms. The molecule has 0 radical (unpaired) electrons. The third-order valence-electron chi connectivity index (χ3n) is 3.01. The smallest absolute Gasteiger partial charge is 0.254 e. The quantitative estimate of drug-likeness (QED) is 0.884. The van der Waals surface area contributed by atoms with E-state index in [1.54, 1.807) is 0 Å². The number of aromatic nitrogens is 2. The minimum absolute atomic E-state index is 0.168. The molecule has 0 aliphatic rings. The topological polar surface area (TPSA) is 66.9 Å². The predicted octanol–water partition coefficient (Wildman–Crippen LogP) is 3.57. The van der Waals surface area contributed by atoms with Crippen LogP contribution in [0.5, 0.6) is 0 Å². The van der Waals surface area contributed by atoms with Crippen LogP contribution in [0.3, 0.4) is 0 Å². The lowest BCUT2D eigenvalue weighted by Gasteiger charge is -2.08. The summed E-state index contributed by atoms with van der Waals surface area (Å²) in [6, 6.07) is 5.62. The Morgan fingerprint density at radius 3 is 2.55 bits per heavy atom. The SMILES string of the molecule is Cc1ccc(Nc2ncc(C(=O)NCC(C)C)cn2)cc1Cl. The second-order valence-corrected chi connectivity index (χ2v) is 5.90. The normalized spacial score (nSPS) is 10.6. The first-order valence-corrected chi connectivity index (χ1v) is 7.47. The van der Waals surface area contributed by atoms with Gasteiger partial charge in [0.25, 0.3) is 5.91 Å². The van der Waals surface area contributed by atoms with Crippen molar-refractivity contribution in [1.82, 2.24) is 15.3 Å². The van der Waals surface area contributed by atoms with Crippen LogP contribution >= 0.6 is 11.6 Å². The maximum Gasteiger partial charge on any atom is 0.254 e. The van der Waals surface area contributed by atoms with Crippen molar-refractivity contribution < 1.29 is 4.79 Å². The molecule has 2 N–H and O–H groups in total. The summed E-state index contributed by atoms with van der Waals surface area (Å²) in [5, 5.41) is 6.55. The van der Waals surface area contributed by atoms with Crippen LogP contribution in [0.1, 0.15) is 29.8 Å². The van der Waals surface area contributed by atoms with Gasteiger partial charge in [0.15, 0.2) is 0 Å². The van der Waals surface area contributed by atoms with Gasteiger partial charge >= 0.3 is 0 Å². The van der Waals surface area contributed by atoms with Crippen LogP contribution in [-0.4, -0.2) is 22.4 Å². The van der Waals surface area contributed by atoms with Gasteiger partial charge in [-0.25, -0.2) is 9.97 Å². The molecule has 2 aromatic rings. The van der Waals surface area contributed by atoms with Gasteiger partial charge in [0.1, 0.15) is 0 Å². The Balaban J connectivity index is 2.02. The maximum absolute atomic E-state index is 11.9. The summed E-state index contributed by atoms with van der Waals surface area (Å²) in [6.07, 6.45) is 3.00. The number of aryl methyl sites for hydroxylation is 1.